The third kappa shape index (κ3) is 2.86. The third-order valence-corrected chi connectivity index (χ3v) is 5.47. The van der Waals surface area contributed by atoms with Crippen LogP contribution < -0.4 is 10.2 Å². The third-order valence-electron chi connectivity index (χ3n) is 5.11. The van der Waals surface area contributed by atoms with Gasteiger partial charge in [0.15, 0.2) is 17.3 Å². The second-order valence-corrected chi connectivity index (χ2v) is 7.79. The molecular weight excluding hydrogens is 416 g/mol. The van der Waals surface area contributed by atoms with Crippen molar-refractivity contribution >= 4 is 45.6 Å². The first kappa shape index (κ1) is 18.7. The number of nitrogens with one attached hydrogen (secondary N) is 2. The lowest BCUT2D eigenvalue weighted by atomic mass is 10.1. The van der Waals surface area contributed by atoms with Crippen molar-refractivity contribution in [3.8, 4) is 11.3 Å². The van der Waals surface area contributed by atoms with Gasteiger partial charge >= 0.3 is 0 Å². The molecule has 0 unspecified atom stereocenters. The number of imidazole rings is 1. The SMILES string of the molecule is CN(C)c1c(F)c(Cl)c(-c2cn3cc(NC(=O)[C@@H]4C[C@@H]4F)nc3cn2)c2cn[nH]c12. The zero-order chi connectivity index (χ0) is 21.2. The number of aromatic amines is 1. The maximum atomic E-state index is 15.0. The van der Waals surface area contributed by atoms with Gasteiger partial charge in [-0.05, 0) is 6.42 Å². The molecule has 1 amide bonds. The van der Waals surface area contributed by atoms with Crippen LogP contribution in [0.3, 0.4) is 0 Å². The Labute approximate surface area is 173 Å². The molecule has 1 saturated carbocycles. The van der Waals surface area contributed by atoms with Crippen LogP contribution >= 0.6 is 11.6 Å². The number of amides is 1. The number of benzene rings is 1. The van der Waals surface area contributed by atoms with Gasteiger partial charge in [0.05, 0.1) is 40.7 Å². The van der Waals surface area contributed by atoms with Crippen molar-refractivity contribution in [3.63, 3.8) is 0 Å². The van der Waals surface area contributed by atoms with Gasteiger partial charge in [-0.2, -0.15) is 5.10 Å². The maximum Gasteiger partial charge on any atom is 0.231 e. The fraction of sp³-hybridized carbons (Fsp3) is 0.263. The first-order valence-corrected chi connectivity index (χ1v) is 9.54. The fourth-order valence-corrected chi connectivity index (χ4v) is 3.80. The van der Waals surface area contributed by atoms with Crippen LogP contribution in [0.4, 0.5) is 20.3 Å². The van der Waals surface area contributed by atoms with Crippen LogP contribution in [0.25, 0.3) is 27.8 Å². The molecule has 0 spiro atoms. The highest BCUT2D eigenvalue weighted by molar-refractivity contribution is 6.35. The molecule has 154 valence electrons. The molecule has 3 aromatic heterocycles. The lowest BCUT2D eigenvalue weighted by Gasteiger charge is -2.17. The zero-order valence-electron chi connectivity index (χ0n) is 15.9. The van der Waals surface area contributed by atoms with E-state index in [1.807, 2.05) is 0 Å². The predicted octanol–water partition coefficient (Wildman–Crippen LogP) is 3.43. The van der Waals surface area contributed by atoms with E-state index in [1.54, 1.807) is 42.0 Å². The van der Waals surface area contributed by atoms with Gasteiger partial charge in [-0.15, -0.1) is 0 Å². The average Bonchev–Trinajstić information content (AvgIpc) is 3.08. The number of anilines is 2. The second kappa shape index (κ2) is 6.63. The molecule has 0 saturated heterocycles. The second-order valence-electron chi connectivity index (χ2n) is 7.42. The first-order valence-electron chi connectivity index (χ1n) is 9.16. The minimum absolute atomic E-state index is 0.0733. The lowest BCUT2D eigenvalue weighted by molar-refractivity contribution is -0.117. The average molecular weight is 432 g/mol. The normalized spacial score (nSPS) is 18.2. The minimum atomic E-state index is -1.09. The van der Waals surface area contributed by atoms with E-state index in [4.69, 9.17) is 11.6 Å². The summed E-state index contributed by atoms with van der Waals surface area (Å²) in [4.78, 5) is 22.2. The predicted molar refractivity (Wildman–Crippen MR) is 109 cm³/mol. The summed E-state index contributed by atoms with van der Waals surface area (Å²) in [5, 5.41) is 10.0. The smallest absolute Gasteiger partial charge is 0.231 e. The van der Waals surface area contributed by atoms with E-state index in [0.29, 0.717) is 33.5 Å². The maximum absolute atomic E-state index is 15.0. The van der Waals surface area contributed by atoms with Gasteiger partial charge < -0.3 is 14.6 Å². The molecular formula is C19H16ClF2N7O. The summed E-state index contributed by atoms with van der Waals surface area (Å²) in [5.41, 5.74) is 2.07. The van der Waals surface area contributed by atoms with Crippen LogP contribution in [-0.4, -0.2) is 50.7 Å². The number of hydrogen-bond donors (Lipinski definition) is 2. The molecule has 4 aromatic rings. The molecule has 1 aromatic carbocycles. The van der Waals surface area contributed by atoms with E-state index in [9.17, 15) is 9.18 Å². The lowest BCUT2D eigenvalue weighted by Crippen LogP contribution is -2.15. The van der Waals surface area contributed by atoms with Crippen molar-refractivity contribution in [2.24, 2.45) is 5.92 Å². The molecule has 8 nitrogen and oxygen atoms in total. The Morgan fingerprint density at radius 2 is 2.13 bits per heavy atom. The molecule has 0 radical (unpaired) electrons. The molecule has 1 aliphatic carbocycles. The Kier molecular flexibility index (Phi) is 4.14. The van der Waals surface area contributed by atoms with Crippen LogP contribution in [0.15, 0.2) is 24.8 Å². The summed E-state index contributed by atoms with van der Waals surface area (Å²) in [6.07, 6.45) is 5.42. The molecule has 30 heavy (non-hydrogen) atoms. The van der Waals surface area contributed by atoms with Gasteiger partial charge in [-0.1, -0.05) is 11.6 Å². The van der Waals surface area contributed by atoms with Crippen molar-refractivity contribution in [2.45, 2.75) is 12.6 Å². The first-order chi connectivity index (χ1) is 14.3. The molecule has 5 rings (SSSR count). The van der Waals surface area contributed by atoms with Crippen LogP contribution in [0.2, 0.25) is 5.02 Å². The highest BCUT2D eigenvalue weighted by atomic mass is 35.5. The van der Waals surface area contributed by atoms with Gasteiger partial charge in [-0.3, -0.25) is 14.9 Å². The summed E-state index contributed by atoms with van der Waals surface area (Å²) in [5.74, 6) is -1.32. The number of fused-ring (bicyclic) bond motifs is 2. The molecule has 1 aliphatic rings. The van der Waals surface area contributed by atoms with E-state index >= 15 is 4.39 Å². The number of aromatic nitrogens is 5. The molecule has 2 N–H and O–H groups in total. The van der Waals surface area contributed by atoms with Gasteiger partial charge in [0.2, 0.25) is 5.91 Å². The molecule has 2 atom stereocenters. The van der Waals surface area contributed by atoms with Crippen molar-refractivity contribution in [3.05, 3.63) is 35.6 Å². The molecule has 11 heteroatoms. The molecule has 1 fully saturated rings. The Morgan fingerprint density at radius 1 is 1.37 bits per heavy atom. The topological polar surface area (TPSA) is 91.2 Å². The van der Waals surface area contributed by atoms with E-state index < -0.39 is 23.8 Å². The number of halogens is 3. The fourth-order valence-electron chi connectivity index (χ4n) is 3.51. The van der Waals surface area contributed by atoms with Crippen LogP contribution in [-0.2, 0) is 4.79 Å². The number of hydrogen-bond acceptors (Lipinski definition) is 5. The summed E-state index contributed by atoms with van der Waals surface area (Å²) < 4.78 is 29.7. The van der Waals surface area contributed by atoms with Crippen LogP contribution in [0.5, 0.6) is 0 Å². The standard InChI is InChI=1S/C19H16ClF2N7O/c1-28(2)18-16(22)15(20)14(9-4-24-27-17(9)18)11-6-29-7-12(25-13(29)5-23-11)26-19(30)8-3-10(8)21/h4-8,10H,3H2,1-2H3,(H,24,27)(H,26,30)/t8-,10+/m1/s1. The van der Waals surface area contributed by atoms with Crippen molar-refractivity contribution in [2.75, 3.05) is 24.3 Å². The highest BCUT2D eigenvalue weighted by Gasteiger charge is 2.43. The Morgan fingerprint density at radius 3 is 2.83 bits per heavy atom. The van der Waals surface area contributed by atoms with Crippen molar-refractivity contribution in [1.82, 2.24) is 24.6 Å². The minimum Gasteiger partial charge on any atom is -0.373 e. The number of carbonyl (C=O) groups is 1. The molecule has 0 aliphatic heterocycles. The molecule has 3 heterocycles. The van der Waals surface area contributed by atoms with Crippen LogP contribution in [0.1, 0.15) is 6.42 Å². The van der Waals surface area contributed by atoms with Gasteiger partial charge in [0, 0.05) is 31.2 Å². The number of H-pyrrole nitrogens is 1. The number of rotatable bonds is 4. The monoisotopic (exact) mass is 431 g/mol. The van der Waals surface area contributed by atoms with Crippen LogP contribution in [0, 0.1) is 11.7 Å². The summed E-state index contributed by atoms with van der Waals surface area (Å²) in [7, 11) is 3.43. The summed E-state index contributed by atoms with van der Waals surface area (Å²) >= 11 is 6.39. The largest absolute Gasteiger partial charge is 0.373 e. The van der Waals surface area contributed by atoms with Gasteiger partial charge in [-0.25, -0.2) is 13.8 Å². The quantitative estimate of drug-likeness (QED) is 0.516. The van der Waals surface area contributed by atoms with E-state index in [0.717, 1.165) is 0 Å². The summed E-state index contributed by atoms with van der Waals surface area (Å²) in [6.45, 7) is 0. The number of carbonyl (C=O) groups excluding carboxylic acids is 1. The Hall–Kier alpha value is -3.27. The van der Waals surface area contributed by atoms with Gasteiger partial charge in [0.25, 0.3) is 0 Å². The summed E-state index contributed by atoms with van der Waals surface area (Å²) in [6, 6.07) is 0. The van der Waals surface area contributed by atoms with Gasteiger partial charge in [0.1, 0.15) is 11.9 Å². The highest BCUT2D eigenvalue weighted by Crippen LogP contribution is 2.41. The van der Waals surface area contributed by atoms with E-state index in [1.165, 1.54) is 6.20 Å². The Balaban J connectivity index is 1.59. The zero-order valence-corrected chi connectivity index (χ0v) is 16.7. The van der Waals surface area contributed by atoms with E-state index in [-0.39, 0.29) is 17.3 Å². The van der Waals surface area contributed by atoms with Crippen molar-refractivity contribution in [1.29, 1.82) is 0 Å². The number of nitrogens with zero attached hydrogens (tertiary/aromatic N) is 5. The molecule has 0 bridgehead atoms. The number of alkyl halides is 1. The Bertz CT molecular complexity index is 1320. The van der Waals surface area contributed by atoms with E-state index in [2.05, 4.69) is 25.5 Å². The van der Waals surface area contributed by atoms with Crippen molar-refractivity contribution < 1.29 is 13.6 Å².